The van der Waals surface area contributed by atoms with E-state index in [1.807, 2.05) is 12.1 Å². The average molecular weight is 439 g/mol. The summed E-state index contributed by atoms with van der Waals surface area (Å²) >= 11 is 0. The number of rotatable bonds is 8. The Morgan fingerprint density at radius 3 is 2.34 bits per heavy atom. The first-order valence-electron chi connectivity index (χ1n) is 9.98. The number of aromatic amines is 1. The van der Waals surface area contributed by atoms with Crippen molar-refractivity contribution in [2.75, 3.05) is 35.0 Å². The number of H-pyrrole nitrogens is 1. The molecule has 2 N–H and O–H groups in total. The van der Waals surface area contributed by atoms with Crippen LogP contribution in [0.4, 0.5) is 0 Å². The number of nitrogens with zero attached hydrogens (tertiary/aromatic N) is 2. The van der Waals surface area contributed by atoms with Gasteiger partial charge in [-0.15, -0.1) is 0 Å². The van der Waals surface area contributed by atoms with E-state index in [1.54, 1.807) is 49.5 Å². The lowest BCUT2D eigenvalue weighted by atomic mass is 9.95. The van der Waals surface area contributed by atoms with Crippen molar-refractivity contribution in [3.05, 3.63) is 59.3 Å². The Kier molecular flexibility index (Phi) is 6.02. The van der Waals surface area contributed by atoms with E-state index < -0.39 is 12.3 Å². The third kappa shape index (κ3) is 3.65. The minimum atomic E-state index is -0.601. The molecule has 2 heterocycles. The van der Waals surface area contributed by atoms with Crippen LogP contribution in [0.5, 0.6) is 17.2 Å². The molecule has 0 bridgehead atoms. The number of fused-ring (bicyclic) bond motifs is 1. The number of aromatic nitrogens is 2. The maximum atomic E-state index is 13.4. The maximum Gasteiger partial charge on any atom is 0.273 e. The van der Waals surface area contributed by atoms with Crippen LogP contribution in [0.1, 0.15) is 27.7 Å². The number of carbonyl (C=O) groups excluding carboxylic acids is 1. The molecule has 1 unspecified atom stereocenters. The minimum absolute atomic E-state index is 0.151. The standard InChI is InChI=1S/C23H25N3O6/c1-29-16-10-7-14(11-17(16)30-2)22-19-20(13-5-8-15(27)9-6-13)24-25-21(19)23(28)26(22)12-18(31-3)32-4/h5-11,18,22,27H,12H2,1-4H3,(H,24,25). The molecule has 1 aromatic heterocycles. The van der Waals surface area contributed by atoms with Gasteiger partial charge in [0.05, 0.1) is 32.5 Å². The first kappa shape index (κ1) is 21.7. The molecule has 168 valence electrons. The summed E-state index contributed by atoms with van der Waals surface area (Å²) < 4.78 is 21.6. The second kappa shape index (κ2) is 8.89. The predicted octanol–water partition coefficient (Wildman–Crippen LogP) is 2.96. The van der Waals surface area contributed by atoms with E-state index >= 15 is 0 Å². The molecular formula is C23H25N3O6. The van der Waals surface area contributed by atoms with Crippen molar-refractivity contribution in [3.8, 4) is 28.5 Å². The zero-order valence-electron chi connectivity index (χ0n) is 18.3. The van der Waals surface area contributed by atoms with Crippen LogP contribution in [0.15, 0.2) is 42.5 Å². The lowest BCUT2D eigenvalue weighted by molar-refractivity contribution is -0.113. The molecule has 0 aliphatic carbocycles. The number of ether oxygens (including phenoxy) is 4. The molecule has 9 nitrogen and oxygen atoms in total. The molecule has 0 saturated carbocycles. The molecule has 1 atom stereocenters. The highest BCUT2D eigenvalue weighted by molar-refractivity contribution is 6.00. The van der Waals surface area contributed by atoms with Gasteiger partial charge in [0.15, 0.2) is 17.8 Å². The number of phenolic OH excluding ortho intramolecular Hbond substituents is 1. The third-order valence-electron chi connectivity index (χ3n) is 5.60. The molecule has 1 aliphatic rings. The largest absolute Gasteiger partial charge is 0.508 e. The number of methoxy groups -OCH3 is 4. The summed E-state index contributed by atoms with van der Waals surface area (Å²) in [5.41, 5.74) is 3.36. The molecule has 1 aliphatic heterocycles. The zero-order chi connectivity index (χ0) is 22.8. The zero-order valence-corrected chi connectivity index (χ0v) is 18.3. The number of amides is 1. The van der Waals surface area contributed by atoms with Crippen molar-refractivity contribution in [1.82, 2.24) is 15.1 Å². The fourth-order valence-corrected chi connectivity index (χ4v) is 4.00. The molecule has 4 rings (SSSR count). The average Bonchev–Trinajstić information content (AvgIpc) is 3.36. The summed E-state index contributed by atoms with van der Waals surface area (Å²) in [6.07, 6.45) is -0.601. The summed E-state index contributed by atoms with van der Waals surface area (Å²) in [6, 6.07) is 11.8. The Labute approximate surface area is 185 Å². The van der Waals surface area contributed by atoms with Crippen LogP contribution >= 0.6 is 0 Å². The normalized spacial score (nSPS) is 15.3. The Hall–Kier alpha value is -3.56. The fraction of sp³-hybridized carbons (Fsp3) is 0.304. The van der Waals surface area contributed by atoms with Crippen LogP contribution < -0.4 is 9.47 Å². The van der Waals surface area contributed by atoms with Gasteiger partial charge in [0.2, 0.25) is 0 Å². The van der Waals surface area contributed by atoms with Crippen LogP contribution in [-0.4, -0.2) is 67.4 Å². The monoisotopic (exact) mass is 439 g/mol. The van der Waals surface area contributed by atoms with Crippen molar-refractivity contribution in [2.24, 2.45) is 0 Å². The highest BCUT2D eigenvalue weighted by Gasteiger charge is 2.43. The van der Waals surface area contributed by atoms with E-state index in [0.717, 1.165) is 16.7 Å². The van der Waals surface area contributed by atoms with Gasteiger partial charge in [-0.25, -0.2) is 0 Å². The second-order valence-electron chi connectivity index (χ2n) is 7.28. The van der Waals surface area contributed by atoms with Crippen molar-refractivity contribution in [1.29, 1.82) is 0 Å². The van der Waals surface area contributed by atoms with Gasteiger partial charge in [0.1, 0.15) is 11.4 Å². The number of phenols is 1. The van der Waals surface area contributed by atoms with E-state index in [1.165, 1.54) is 14.2 Å². The summed E-state index contributed by atoms with van der Waals surface area (Å²) in [7, 11) is 6.20. The highest BCUT2D eigenvalue weighted by atomic mass is 16.7. The smallest absolute Gasteiger partial charge is 0.273 e. The maximum absolute atomic E-state index is 13.4. The van der Waals surface area contributed by atoms with Gasteiger partial charge in [-0.2, -0.15) is 5.10 Å². The van der Waals surface area contributed by atoms with Crippen LogP contribution in [0, 0.1) is 0 Å². The lowest BCUT2D eigenvalue weighted by Gasteiger charge is -2.29. The number of hydrogen-bond donors (Lipinski definition) is 2. The number of aromatic hydroxyl groups is 1. The lowest BCUT2D eigenvalue weighted by Crippen LogP contribution is -2.38. The van der Waals surface area contributed by atoms with E-state index in [9.17, 15) is 9.90 Å². The van der Waals surface area contributed by atoms with Crippen LogP contribution in [-0.2, 0) is 9.47 Å². The second-order valence-corrected chi connectivity index (χ2v) is 7.28. The number of carbonyl (C=O) groups is 1. The first-order valence-corrected chi connectivity index (χ1v) is 9.98. The highest BCUT2D eigenvalue weighted by Crippen LogP contribution is 2.44. The number of nitrogens with one attached hydrogen (secondary N) is 1. The summed E-state index contributed by atoms with van der Waals surface area (Å²) in [5.74, 6) is 1.08. The van der Waals surface area contributed by atoms with Crippen molar-refractivity contribution in [3.63, 3.8) is 0 Å². The predicted molar refractivity (Wildman–Crippen MR) is 116 cm³/mol. The molecule has 2 aromatic carbocycles. The van der Waals surface area contributed by atoms with Crippen molar-refractivity contribution >= 4 is 5.91 Å². The fourth-order valence-electron chi connectivity index (χ4n) is 4.00. The van der Waals surface area contributed by atoms with Gasteiger partial charge < -0.3 is 29.0 Å². The van der Waals surface area contributed by atoms with E-state index in [2.05, 4.69) is 10.2 Å². The summed E-state index contributed by atoms with van der Waals surface area (Å²) in [6.45, 7) is 0.211. The van der Waals surface area contributed by atoms with Crippen molar-refractivity contribution in [2.45, 2.75) is 12.3 Å². The molecule has 3 aromatic rings. The molecule has 0 spiro atoms. The van der Waals surface area contributed by atoms with E-state index in [0.29, 0.717) is 22.9 Å². The van der Waals surface area contributed by atoms with E-state index in [-0.39, 0.29) is 18.2 Å². The van der Waals surface area contributed by atoms with Crippen LogP contribution in [0.3, 0.4) is 0 Å². The minimum Gasteiger partial charge on any atom is -0.508 e. The molecule has 0 fully saturated rings. The van der Waals surface area contributed by atoms with Crippen LogP contribution in [0.25, 0.3) is 11.3 Å². The van der Waals surface area contributed by atoms with Gasteiger partial charge in [-0.05, 0) is 42.0 Å². The van der Waals surface area contributed by atoms with Crippen molar-refractivity contribution < 1.29 is 28.8 Å². The molecular weight excluding hydrogens is 414 g/mol. The summed E-state index contributed by atoms with van der Waals surface area (Å²) in [5, 5.41) is 17.0. The molecule has 9 heteroatoms. The Morgan fingerprint density at radius 1 is 1.03 bits per heavy atom. The summed E-state index contributed by atoms with van der Waals surface area (Å²) in [4.78, 5) is 15.1. The number of benzene rings is 2. The van der Waals surface area contributed by atoms with Crippen LogP contribution in [0.2, 0.25) is 0 Å². The van der Waals surface area contributed by atoms with Gasteiger partial charge in [0, 0.05) is 25.3 Å². The number of hydrogen-bond acceptors (Lipinski definition) is 7. The Bertz CT molecular complexity index is 1110. The first-order chi connectivity index (χ1) is 15.5. The van der Waals surface area contributed by atoms with Gasteiger partial charge in [-0.3, -0.25) is 9.89 Å². The van der Waals surface area contributed by atoms with Gasteiger partial charge in [-0.1, -0.05) is 6.07 Å². The molecule has 32 heavy (non-hydrogen) atoms. The molecule has 0 saturated heterocycles. The van der Waals surface area contributed by atoms with E-state index in [4.69, 9.17) is 18.9 Å². The van der Waals surface area contributed by atoms with Gasteiger partial charge in [0.25, 0.3) is 5.91 Å². The third-order valence-corrected chi connectivity index (χ3v) is 5.60. The Morgan fingerprint density at radius 2 is 1.72 bits per heavy atom. The topological polar surface area (TPSA) is 106 Å². The SMILES string of the molecule is COc1ccc(C2c3c(-c4ccc(O)cc4)n[nH]c3C(=O)N2CC(OC)OC)cc1OC. The molecule has 1 amide bonds. The van der Waals surface area contributed by atoms with Gasteiger partial charge >= 0.3 is 0 Å². The Balaban J connectivity index is 1.87. The molecule has 0 radical (unpaired) electrons. The quantitative estimate of drug-likeness (QED) is 0.520.